The van der Waals surface area contributed by atoms with Crippen molar-refractivity contribution in [3.05, 3.63) is 21.9 Å². The van der Waals surface area contributed by atoms with E-state index in [1.165, 1.54) is 4.88 Å². The SMILES string of the molecule is COCCCSCc1ccc(C#CCCO)s1. The summed E-state index contributed by atoms with van der Waals surface area (Å²) in [5.74, 6) is 8.18. The number of hydrogen-bond donors (Lipinski definition) is 1. The Kier molecular flexibility index (Phi) is 8.20. The lowest BCUT2D eigenvalue weighted by atomic mass is 10.4. The molecule has 0 saturated heterocycles. The van der Waals surface area contributed by atoms with Crippen LogP contribution in [0.15, 0.2) is 12.1 Å². The van der Waals surface area contributed by atoms with E-state index in [-0.39, 0.29) is 6.61 Å². The molecule has 1 aromatic rings. The lowest BCUT2D eigenvalue weighted by molar-refractivity contribution is 0.200. The van der Waals surface area contributed by atoms with E-state index in [1.807, 2.05) is 11.8 Å². The third-order valence-electron chi connectivity index (χ3n) is 1.99. The summed E-state index contributed by atoms with van der Waals surface area (Å²) in [5, 5.41) is 8.62. The molecule has 0 bridgehead atoms. The van der Waals surface area contributed by atoms with Crippen molar-refractivity contribution in [2.24, 2.45) is 0 Å². The summed E-state index contributed by atoms with van der Waals surface area (Å²) in [6, 6.07) is 4.19. The molecule has 0 unspecified atom stereocenters. The second-order valence-electron chi connectivity index (χ2n) is 3.44. The molecule has 0 radical (unpaired) electrons. The molecule has 94 valence electrons. The maximum Gasteiger partial charge on any atom is 0.0771 e. The van der Waals surface area contributed by atoms with Crippen LogP contribution in [0.25, 0.3) is 0 Å². The molecule has 17 heavy (non-hydrogen) atoms. The van der Waals surface area contributed by atoms with Crippen LogP contribution in [0.5, 0.6) is 0 Å². The van der Waals surface area contributed by atoms with Crippen molar-refractivity contribution in [2.45, 2.75) is 18.6 Å². The van der Waals surface area contributed by atoms with Gasteiger partial charge in [-0.2, -0.15) is 11.8 Å². The topological polar surface area (TPSA) is 29.5 Å². The summed E-state index contributed by atoms with van der Waals surface area (Å²) in [6.07, 6.45) is 1.66. The molecular formula is C13H18O2S2. The fourth-order valence-electron chi connectivity index (χ4n) is 1.21. The minimum absolute atomic E-state index is 0.139. The third kappa shape index (κ3) is 6.75. The number of methoxy groups -OCH3 is 1. The summed E-state index contributed by atoms with van der Waals surface area (Å²) in [6.45, 7) is 0.982. The zero-order valence-corrected chi connectivity index (χ0v) is 11.7. The maximum absolute atomic E-state index is 8.62. The van der Waals surface area contributed by atoms with Crippen LogP contribution in [0.2, 0.25) is 0 Å². The van der Waals surface area contributed by atoms with E-state index in [4.69, 9.17) is 9.84 Å². The van der Waals surface area contributed by atoms with Crippen molar-refractivity contribution in [1.82, 2.24) is 0 Å². The number of ether oxygens (including phenoxy) is 1. The van der Waals surface area contributed by atoms with E-state index in [1.54, 1.807) is 18.4 Å². The highest BCUT2D eigenvalue weighted by atomic mass is 32.2. The fraction of sp³-hybridized carbons (Fsp3) is 0.538. The fourth-order valence-corrected chi connectivity index (χ4v) is 3.13. The monoisotopic (exact) mass is 270 g/mol. The Labute approximate surface area is 111 Å². The van der Waals surface area contributed by atoms with Gasteiger partial charge in [0.05, 0.1) is 11.5 Å². The van der Waals surface area contributed by atoms with E-state index in [2.05, 4.69) is 24.0 Å². The van der Waals surface area contributed by atoms with Gasteiger partial charge in [-0.1, -0.05) is 11.8 Å². The molecule has 4 heteroatoms. The molecule has 0 spiro atoms. The van der Waals surface area contributed by atoms with Gasteiger partial charge in [0.25, 0.3) is 0 Å². The Morgan fingerprint density at radius 1 is 1.47 bits per heavy atom. The van der Waals surface area contributed by atoms with E-state index in [0.29, 0.717) is 6.42 Å². The highest BCUT2D eigenvalue weighted by Crippen LogP contribution is 2.21. The normalized spacial score (nSPS) is 10.0. The van der Waals surface area contributed by atoms with Crippen LogP contribution in [0, 0.1) is 11.8 Å². The second kappa shape index (κ2) is 9.55. The predicted octanol–water partition coefficient (Wildman–Crippen LogP) is 2.75. The molecule has 0 atom stereocenters. The number of thioether (sulfide) groups is 1. The lowest BCUT2D eigenvalue weighted by Gasteiger charge is -1.98. The van der Waals surface area contributed by atoms with Crippen molar-refractivity contribution >= 4 is 23.1 Å². The van der Waals surface area contributed by atoms with Crippen molar-refractivity contribution in [1.29, 1.82) is 0 Å². The third-order valence-corrected chi connectivity index (χ3v) is 4.27. The Morgan fingerprint density at radius 3 is 3.12 bits per heavy atom. The van der Waals surface area contributed by atoms with E-state index in [0.717, 1.165) is 29.4 Å². The zero-order valence-electron chi connectivity index (χ0n) is 10.1. The largest absolute Gasteiger partial charge is 0.395 e. The van der Waals surface area contributed by atoms with Gasteiger partial charge in [-0.25, -0.2) is 0 Å². The van der Waals surface area contributed by atoms with Gasteiger partial charge in [-0.15, -0.1) is 11.3 Å². The number of thiophene rings is 1. The van der Waals surface area contributed by atoms with Gasteiger partial charge in [0, 0.05) is 30.8 Å². The van der Waals surface area contributed by atoms with Crippen LogP contribution in [0.4, 0.5) is 0 Å². The highest BCUT2D eigenvalue weighted by Gasteiger charge is 1.98. The second-order valence-corrected chi connectivity index (χ2v) is 5.71. The molecule has 2 nitrogen and oxygen atoms in total. The van der Waals surface area contributed by atoms with Crippen molar-refractivity contribution < 1.29 is 9.84 Å². The summed E-state index contributed by atoms with van der Waals surface area (Å²) >= 11 is 3.67. The van der Waals surface area contributed by atoms with Gasteiger partial charge in [-0.3, -0.25) is 0 Å². The van der Waals surface area contributed by atoms with Crippen molar-refractivity contribution in [2.75, 3.05) is 26.1 Å². The first kappa shape index (κ1) is 14.6. The van der Waals surface area contributed by atoms with Gasteiger partial charge in [0.1, 0.15) is 0 Å². The Hall–Kier alpha value is -0.470. The van der Waals surface area contributed by atoms with Gasteiger partial charge in [0.2, 0.25) is 0 Å². The van der Waals surface area contributed by atoms with E-state index < -0.39 is 0 Å². The quantitative estimate of drug-likeness (QED) is 0.610. The van der Waals surface area contributed by atoms with E-state index >= 15 is 0 Å². The molecular weight excluding hydrogens is 252 g/mol. The molecule has 0 aliphatic carbocycles. The van der Waals surface area contributed by atoms with E-state index in [9.17, 15) is 0 Å². The smallest absolute Gasteiger partial charge is 0.0771 e. The summed E-state index contributed by atoms with van der Waals surface area (Å²) in [4.78, 5) is 2.45. The van der Waals surface area contributed by atoms with Crippen LogP contribution in [-0.2, 0) is 10.5 Å². The van der Waals surface area contributed by atoms with Crippen LogP contribution in [0.3, 0.4) is 0 Å². The number of hydrogen-bond acceptors (Lipinski definition) is 4. The standard InChI is InChI=1S/C13H18O2S2/c1-15-9-4-10-16-11-13-7-6-12(17-13)5-2-3-8-14/h6-7,14H,3-4,8-11H2,1H3. The molecule has 1 heterocycles. The Balaban J connectivity index is 2.24. The molecule has 0 aliphatic rings. The average Bonchev–Trinajstić information content (AvgIpc) is 2.77. The molecule has 0 aliphatic heterocycles. The molecule has 1 rings (SSSR count). The van der Waals surface area contributed by atoms with Gasteiger partial charge < -0.3 is 9.84 Å². The first-order valence-corrected chi connectivity index (χ1v) is 7.59. The minimum Gasteiger partial charge on any atom is -0.395 e. The summed E-state index contributed by atoms with van der Waals surface area (Å²) < 4.78 is 5.00. The highest BCUT2D eigenvalue weighted by molar-refractivity contribution is 7.98. The van der Waals surface area contributed by atoms with Gasteiger partial charge >= 0.3 is 0 Å². The van der Waals surface area contributed by atoms with Crippen molar-refractivity contribution in [3.8, 4) is 11.8 Å². The zero-order chi connectivity index (χ0) is 12.3. The number of aliphatic hydroxyl groups excluding tert-OH is 1. The maximum atomic E-state index is 8.62. The molecule has 1 aromatic heterocycles. The van der Waals surface area contributed by atoms with Crippen LogP contribution >= 0.6 is 23.1 Å². The average molecular weight is 270 g/mol. The first-order chi connectivity index (χ1) is 8.36. The Morgan fingerprint density at radius 2 is 2.35 bits per heavy atom. The molecule has 0 amide bonds. The van der Waals surface area contributed by atoms with Crippen LogP contribution < -0.4 is 0 Å². The van der Waals surface area contributed by atoms with Crippen molar-refractivity contribution in [3.63, 3.8) is 0 Å². The lowest BCUT2D eigenvalue weighted by Crippen LogP contribution is -1.90. The minimum atomic E-state index is 0.139. The number of aliphatic hydroxyl groups is 1. The molecule has 0 fully saturated rings. The Bertz CT molecular complexity index is 363. The van der Waals surface area contributed by atoms with Crippen LogP contribution in [-0.4, -0.2) is 31.2 Å². The van der Waals surface area contributed by atoms with Crippen LogP contribution in [0.1, 0.15) is 22.6 Å². The summed E-state index contributed by atoms with van der Waals surface area (Å²) in [5.41, 5.74) is 0. The molecule has 0 aromatic carbocycles. The first-order valence-electron chi connectivity index (χ1n) is 5.62. The van der Waals surface area contributed by atoms with Gasteiger partial charge in [0.15, 0.2) is 0 Å². The molecule has 0 saturated carbocycles. The molecule has 1 N–H and O–H groups in total. The van der Waals surface area contributed by atoms with Gasteiger partial charge in [-0.05, 0) is 24.3 Å². The number of rotatable bonds is 7. The predicted molar refractivity (Wildman–Crippen MR) is 75.6 cm³/mol. The summed E-state index contributed by atoms with van der Waals surface area (Å²) in [7, 11) is 1.74.